The molecule has 1 aromatic carbocycles. The molecule has 130 valence electrons. The first kappa shape index (κ1) is 17.5. The van der Waals surface area contributed by atoms with E-state index < -0.39 is 10.0 Å². The van der Waals surface area contributed by atoms with Crippen molar-refractivity contribution in [2.75, 3.05) is 4.72 Å². The minimum Gasteiger partial charge on any atom is -0.289 e. The highest BCUT2D eigenvalue weighted by atomic mass is 35.5. The molecule has 3 aromatic rings. The van der Waals surface area contributed by atoms with E-state index in [2.05, 4.69) is 9.71 Å². The van der Waals surface area contributed by atoms with E-state index >= 15 is 0 Å². The molecule has 0 unspecified atom stereocenters. The summed E-state index contributed by atoms with van der Waals surface area (Å²) in [5, 5.41) is 0.461. The largest absolute Gasteiger partial charge is 0.289 e. The standard InChI is InChI=1S/C18H18ClN3O2S/c1-12-9-16(19)18(20-11-12)22-8-4-5-17(22)25(23,24)21-15-7-6-13(2)14(3)10-15/h4-11,21H,1-3H3. The first-order valence-corrected chi connectivity index (χ1v) is 9.54. The minimum atomic E-state index is -3.79. The molecule has 0 amide bonds. The molecule has 0 atom stereocenters. The number of hydrogen-bond donors (Lipinski definition) is 1. The number of anilines is 1. The van der Waals surface area contributed by atoms with Crippen molar-refractivity contribution in [2.45, 2.75) is 25.8 Å². The summed E-state index contributed by atoms with van der Waals surface area (Å²) in [7, 11) is -3.79. The second-order valence-corrected chi connectivity index (χ2v) is 7.98. The van der Waals surface area contributed by atoms with E-state index in [9.17, 15) is 8.42 Å². The van der Waals surface area contributed by atoms with Crippen LogP contribution in [0.15, 0.2) is 53.8 Å². The fourth-order valence-corrected chi connectivity index (χ4v) is 3.99. The van der Waals surface area contributed by atoms with Crippen molar-refractivity contribution in [3.8, 4) is 5.82 Å². The van der Waals surface area contributed by atoms with Gasteiger partial charge in [0.15, 0.2) is 10.8 Å². The van der Waals surface area contributed by atoms with Crippen LogP contribution < -0.4 is 4.72 Å². The molecule has 7 heteroatoms. The molecule has 0 aliphatic carbocycles. The number of benzene rings is 1. The zero-order chi connectivity index (χ0) is 18.2. The third kappa shape index (κ3) is 3.55. The van der Waals surface area contributed by atoms with Gasteiger partial charge in [-0.25, -0.2) is 4.98 Å². The molecule has 0 aliphatic heterocycles. The van der Waals surface area contributed by atoms with Crippen molar-refractivity contribution in [1.82, 2.24) is 9.55 Å². The third-order valence-corrected chi connectivity index (χ3v) is 5.60. The molecule has 25 heavy (non-hydrogen) atoms. The van der Waals surface area contributed by atoms with Crippen molar-refractivity contribution in [2.24, 2.45) is 0 Å². The van der Waals surface area contributed by atoms with Crippen molar-refractivity contribution in [3.63, 3.8) is 0 Å². The number of rotatable bonds is 4. The average Bonchev–Trinajstić information content (AvgIpc) is 3.01. The SMILES string of the molecule is Cc1cnc(-n2cccc2S(=O)(=O)Nc2ccc(C)c(C)c2)c(Cl)c1. The van der Waals surface area contributed by atoms with Crippen LogP contribution in [-0.4, -0.2) is 18.0 Å². The Morgan fingerprint density at radius 2 is 1.84 bits per heavy atom. The Bertz CT molecular complexity index is 1040. The quantitative estimate of drug-likeness (QED) is 0.741. The second kappa shape index (κ2) is 6.54. The molecule has 1 N–H and O–H groups in total. The zero-order valence-corrected chi connectivity index (χ0v) is 15.7. The predicted octanol–water partition coefficient (Wildman–Crippen LogP) is 4.25. The van der Waals surface area contributed by atoms with Crippen LogP contribution in [-0.2, 0) is 10.0 Å². The molecule has 5 nitrogen and oxygen atoms in total. The van der Waals surface area contributed by atoms with Crippen LogP contribution in [0.3, 0.4) is 0 Å². The maximum Gasteiger partial charge on any atom is 0.277 e. The third-order valence-electron chi connectivity index (χ3n) is 3.93. The average molecular weight is 376 g/mol. The highest BCUT2D eigenvalue weighted by Crippen LogP contribution is 2.25. The van der Waals surface area contributed by atoms with Crippen molar-refractivity contribution in [3.05, 3.63) is 70.5 Å². The monoisotopic (exact) mass is 375 g/mol. The van der Waals surface area contributed by atoms with Crippen LogP contribution in [0.25, 0.3) is 5.82 Å². The zero-order valence-electron chi connectivity index (χ0n) is 14.1. The van der Waals surface area contributed by atoms with Gasteiger partial charge < -0.3 is 0 Å². The molecular formula is C18H18ClN3O2S. The Morgan fingerprint density at radius 3 is 2.52 bits per heavy atom. The fraction of sp³-hybridized carbons (Fsp3) is 0.167. The topological polar surface area (TPSA) is 64.0 Å². The highest BCUT2D eigenvalue weighted by Gasteiger charge is 2.21. The van der Waals surface area contributed by atoms with Crippen LogP contribution >= 0.6 is 11.6 Å². The van der Waals surface area contributed by atoms with Gasteiger partial charge in [0.05, 0.1) is 5.02 Å². The van der Waals surface area contributed by atoms with E-state index in [1.54, 1.807) is 36.7 Å². The maximum absolute atomic E-state index is 12.8. The van der Waals surface area contributed by atoms with Gasteiger partial charge in [0.1, 0.15) is 0 Å². The molecule has 2 heterocycles. The second-order valence-electron chi connectivity index (χ2n) is 5.94. The lowest BCUT2D eigenvalue weighted by molar-refractivity contribution is 0.594. The number of nitrogens with zero attached hydrogens (tertiary/aromatic N) is 2. The molecule has 0 aliphatic rings. The number of halogens is 1. The number of sulfonamides is 1. The van der Waals surface area contributed by atoms with Gasteiger partial charge in [0.2, 0.25) is 0 Å². The van der Waals surface area contributed by atoms with E-state index in [0.717, 1.165) is 16.7 Å². The van der Waals surface area contributed by atoms with Gasteiger partial charge >= 0.3 is 0 Å². The molecule has 2 aromatic heterocycles. The summed E-state index contributed by atoms with van der Waals surface area (Å²) in [5.41, 5.74) is 3.53. The predicted molar refractivity (Wildman–Crippen MR) is 100 cm³/mol. The minimum absolute atomic E-state index is 0.0731. The summed E-state index contributed by atoms with van der Waals surface area (Å²) in [6.07, 6.45) is 3.27. The smallest absolute Gasteiger partial charge is 0.277 e. The molecule has 3 rings (SSSR count). The Hall–Kier alpha value is -2.31. The van der Waals surface area contributed by atoms with Gasteiger partial charge in [0, 0.05) is 18.1 Å². The summed E-state index contributed by atoms with van der Waals surface area (Å²) in [6.45, 7) is 5.78. The number of hydrogen-bond acceptors (Lipinski definition) is 3. The van der Waals surface area contributed by atoms with Crippen LogP contribution in [0.1, 0.15) is 16.7 Å². The Balaban J connectivity index is 2.01. The Morgan fingerprint density at radius 1 is 1.08 bits per heavy atom. The molecular weight excluding hydrogens is 358 g/mol. The Labute approximate surface area is 152 Å². The normalized spacial score (nSPS) is 11.5. The summed E-state index contributed by atoms with van der Waals surface area (Å²) < 4.78 is 29.7. The summed E-state index contributed by atoms with van der Waals surface area (Å²) >= 11 is 6.24. The molecule has 0 saturated heterocycles. The van der Waals surface area contributed by atoms with Gasteiger partial charge in [-0.15, -0.1) is 0 Å². The first-order chi connectivity index (χ1) is 11.8. The van der Waals surface area contributed by atoms with Crippen LogP contribution in [0.4, 0.5) is 5.69 Å². The molecule has 0 saturated carbocycles. The fourth-order valence-electron chi connectivity index (χ4n) is 2.48. The van der Waals surface area contributed by atoms with Crippen molar-refractivity contribution in [1.29, 1.82) is 0 Å². The van der Waals surface area contributed by atoms with E-state index in [1.807, 2.05) is 26.8 Å². The summed E-state index contributed by atoms with van der Waals surface area (Å²) in [4.78, 5) is 4.27. The molecule has 0 bridgehead atoms. The number of aromatic nitrogens is 2. The van der Waals surface area contributed by atoms with Gasteiger partial charge in [-0.05, 0) is 67.8 Å². The van der Waals surface area contributed by atoms with Crippen molar-refractivity contribution < 1.29 is 8.42 Å². The maximum atomic E-state index is 12.8. The van der Waals surface area contributed by atoms with Gasteiger partial charge in [-0.3, -0.25) is 9.29 Å². The lowest BCUT2D eigenvalue weighted by Crippen LogP contribution is -2.17. The molecule has 0 radical (unpaired) electrons. The molecule has 0 spiro atoms. The molecule has 0 fully saturated rings. The van der Waals surface area contributed by atoms with Gasteiger partial charge in [0.25, 0.3) is 10.0 Å². The highest BCUT2D eigenvalue weighted by molar-refractivity contribution is 7.92. The van der Waals surface area contributed by atoms with E-state index in [4.69, 9.17) is 11.6 Å². The number of nitrogens with one attached hydrogen (secondary N) is 1. The van der Waals surface area contributed by atoms with E-state index in [-0.39, 0.29) is 5.03 Å². The van der Waals surface area contributed by atoms with Gasteiger partial charge in [-0.1, -0.05) is 17.7 Å². The van der Waals surface area contributed by atoms with Gasteiger partial charge in [-0.2, -0.15) is 8.42 Å². The summed E-state index contributed by atoms with van der Waals surface area (Å²) in [6, 6.07) is 10.3. The number of pyridine rings is 1. The number of aryl methyl sites for hydroxylation is 3. The van der Waals surface area contributed by atoms with Crippen LogP contribution in [0.2, 0.25) is 5.02 Å². The van der Waals surface area contributed by atoms with Crippen LogP contribution in [0.5, 0.6) is 0 Å². The van der Waals surface area contributed by atoms with E-state index in [1.165, 1.54) is 10.6 Å². The summed E-state index contributed by atoms with van der Waals surface area (Å²) in [5.74, 6) is 0.373. The van der Waals surface area contributed by atoms with E-state index in [0.29, 0.717) is 16.5 Å². The van der Waals surface area contributed by atoms with Crippen LogP contribution in [0, 0.1) is 20.8 Å². The lowest BCUT2D eigenvalue weighted by Gasteiger charge is -2.13. The lowest BCUT2D eigenvalue weighted by atomic mass is 10.1. The first-order valence-electron chi connectivity index (χ1n) is 7.68. The van der Waals surface area contributed by atoms with Crippen molar-refractivity contribution >= 4 is 27.3 Å². The Kier molecular flexibility index (Phi) is 4.58.